The number of rotatable bonds is 6. The molecule has 0 N–H and O–H groups in total. The lowest BCUT2D eigenvalue weighted by Gasteiger charge is -2.14. The lowest BCUT2D eigenvalue weighted by molar-refractivity contribution is 0.669. The Morgan fingerprint density at radius 1 is 0.358 bits per heavy atom. The maximum Gasteiger partial charge on any atom is 0.238 e. The predicted molar refractivity (Wildman–Crippen MR) is 279 cm³/mol. The summed E-state index contributed by atoms with van der Waals surface area (Å²) in [6.07, 6.45) is 0. The number of benzene rings is 10. The number of hydrogen-bond donors (Lipinski definition) is 0. The Kier molecular flexibility index (Phi) is 8.38. The summed E-state index contributed by atoms with van der Waals surface area (Å²) < 4.78 is 11.2. The third-order valence-electron chi connectivity index (χ3n) is 13.2. The van der Waals surface area contributed by atoms with Gasteiger partial charge in [0.1, 0.15) is 11.2 Å². The zero-order chi connectivity index (χ0) is 44.0. The fourth-order valence-corrected chi connectivity index (χ4v) is 11.3. The van der Waals surface area contributed by atoms with Crippen molar-refractivity contribution in [3.63, 3.8) is 0 Å². The van der Waals surface area contributed by atoms with Crippen LogP contribution in [0, 0.1) is 0 Å². The Hall–Kier alpha value is -8.71. The van der Waals surface area contributed by atoms with Gasteiger partial charge in [0.05, 0.1) is 11.0 Å². The first kappa shape index (κ1) is 37.6. The topological polar surface area (TPSA) is 56.7 Å². The Labute approximate surface area is 388 Å². The molecular weight excluding hydrogens is 837 g/mol. The van der Waals surface area contributed by atoms with Gasteiger partial charge >= 0.3 is 0 Å². The van der Waals surface area contributed by atoms with E-state index < -0.39 is 0 Å². The maximum absolute atomic E-state index is 6.38. The minimum absolute atomic E-state index is 0.538. The third kappa shape index (κ3) is 6.11. The number of nitrogens with zero attached hydrogens (tertiary/aromatic N) is 4. The van der Waals surface area contributed by atoms with Gasteiger partial charge in [0.25, 0.3) is 0 Å². The van der Waals surface area contributed by atoms with E-state index in [1.165, 1.54) is 36.7 Å². The third-order valence-corrected chi connectivity index (χ3v) is 14.5. The van der Waals surface area contributed by atoms with Crippen LogP contribution in [0.15, 0.2) is 223 Å². The summed E-state index contributed by atoms with van der Waals surface area (Å²) in [5, 5.41) is 9.30. The van der Waals surface area contributed by atoms with Crippen molar-refractivity contribution in [2.75, 3.05) is 0 Å². The first-order valence-corrected chi connectivity index (χ1v) is 23.3. The molecule has 0 spiro atoms. The van der Waals surface area contributed by atoms with Crippen molar-refractivity contribution < 1.29 is 4.42 Å². The van der Waals surface area contributed by atoms with Crippen molar-refractivity contribution in [3.05, 3.63) is 218 Å². The van der Waals surface area contributed by atoms with Crippen LogP contribution in [0.25, 0.3) is 137 Å². The molecule has 0 saturated heterocycles. The summed E-state index contributed by atoms with van der Waals surface area (Å²) in [5.41, 5.74) is 12.4. The molecule has 5 nitrogen and oxygen atoms in total. The lowest BCUT2D eigenvalue weighted by Crippen LogP contribution is -2.07. The van der Waals surface area contributed by atoms with E-state index in [2.05, 4.69) is 187 Å². The van der Waals surface area contributed by atoms with Crippen LogP contribution in [0.4, 0.5) is 0 Å². The molecule has 10 aromatic carbocycles. The Morgan fingerprint density at radius 3 is 1.78 bits per heavy atom. The van der Waals surface area contributed by atoms with Gasteiger partial charge in [0.2, 0.25) is 5.95 Å². The molecular formula is C61H36N4OS. The molecule has 4 heterocycles. The summed E-state index contributed by atoms with van der Waals surface area (Å²) in [4.78, 5) is 15.9. The van der Waals surface area contributed by atoms with Gasteiger partial charge < -0.3 is 4.42 Å². The van der Waals surface area contributed by atoms with Crippen LogP contribution < -0.4 is 0 Å². The van der Waals surface area contributed by atoms with Crippen LogP contribution in [0.3, 0.4) is 0 Å². The summed E-state index contributed by atoms with van der Waals surface area (Å²) in [6, 6.07) is 77.6. The first-order valence-electron chi connectivity index (χ1n) is 22.5. The summed E-state index contributed by atoms with van der Waals surface area (Å²) in [6.45, 7) is 0. The molecule has 0 radical (unpaired) electrons. The quantitative estimate of drug-likeness (QED) is 0.167. The highest BCUT2D eigenvalue weighted by Crippen LogP contribution is 2.43. The first-order chi connectivity index (χ1) is 33.2. The minimum Gasteiger partial charge on any atom is -0.456 e. The average Bonchev–Trinajstić information content (AvgIpc) is 4.07. The molecule has 67 heavy (non-hydrogen) atoms. The molecule has 0 aliphatic rings. The van der Waals surface area contributed by atoms with Gasteiger partial charge in [0, 0.05) is 58.4 Å². The minimum atomic E-state index is 0.538. The van der Waals surface area contributed by atoms with Crippen molar-refractivity contribution in [3.8, 4) is 62.1 Å². The fourth-order valence-electron chi connectivity index (χ4n) is 10.1. The largest absolute Gasteiger partial charge is 0.456 e. The van der Waals surface area contributed by atoms with Crippen molar-refractivity contribution in [1.29, 1.82) is 0 Å². The maximum atomic E-state index is 6.38. The molecule has 0 bridgehead atoms. The lowest BCUT2D eigenvalue weighted by atomic mass is 9.95. The Bertz CT molecular complexity index is 4300. The van der Waals surface area contributed by atoms with E-state index in [9.17, 15) is 0 Å². The highest BCUT2D eigenvalue weighted by atomic mass is 32.1. The molecule has 0 fully saturated rings. The zero-order valence-electron chi connectivity index (χ0n) is 35.9. The van der Waals surface area contributed by atoms with E-state index in [0.717, 1.165) is 82.5 Å². The number of aromatic nitrogens is 4. The molecule has 0 unspecified atom stereocenters. The van der Waals surface area contributed by atoms with E-state index in [4.69, 9.17) is 19.4 Å². The normalized spacial score (nSPS) is 11.9. The number of para-hydroxylation sites is 2. The van der Waals surface area contributed by atoms with Gasteiger partial charge in [-0.2, -0.15) is 9.97 Å². The highest BCUT2D eigenvalue weighted by molar-refractivity contribution is 7.26. The summed E-state index contributed by atoms with van der Waals surface area (Å²) in [7, 11) is 0. The van der Waals surface area contributed by atoms with Crippen molar-refractivity contribution in [2.24, 2.45) is 0 Å². The average molecular weight is 873 g/mol. The number of furan rings is 1. The van der Waals surface area contributed by atoms with Crippen LogP contribution in [0.2, 0.25) is 0 Å². The molecule has 0 saturated carbocycles. The second-order valence-electron chi connectivity index (χ2n) is 17.2. The van der Waals surface area contributed by atoms with E-state index in [1.807, 2.05) is 47.7 Å². The second-order valence-corrected chi connectivity index (χ2v) is 18.2. The number of fused-ring (bicyclic) bond motifs is 10. The molecule has 312 valence electrons. The van der Waals surface area contributed by atoms with Crippen LogP contribution in [0.1, 0.15) is 0 Å². The van der Waals surface area contributed by atoms with Crippen LogP contribution in [0.5, 0.6) is 0 Å². The Morgan fingerprint density at radius 2 is 0.955 bits per heavy atom. The van der Waals surface area contributed by atoms with Crippen LogP contribution in [-0.4, -0.2) is 19.5 Å². The van der Waals surface area contributed by atoms with Gasteiger partial charge in [-0.3, -0.25) is 4.57 Å². The number of thiophene rings is 1. The standard InChI is InChI=1S/C61H36N4OS/c1-2-14-37(15-3-1)59-62-60(44-30-31-48-47-22-6-8-28-54(47)66-55(48)36-44)64-61(63-59)65-53-35-41-17-5-4-16-40(41)34-52(53)50-26-12-24-45(57(50)65)42-20-10-18-38(32-42)39-19-11-21-43(33-39)46-25-13-27-51-49-23-7-9-29-56(49)67-58(46)51/h1-36H. The molecule has 0 amide bonds. The van der Waals surface area contributed by atoms with Crippen molar-refractivity contribution >= 4 is 86.0 Å². The number of hydrogen-bond acceptors (Lipinski definition) is 5. The zero-order valence-corrected chi connectivity index (χ0v) is 36.7. The van der Waals surface area contributed by atoms with E-state index in [1.54, 1.807) is 0 Å². The van der Waals surface area contributed by atoms with Crippen LogP contribution >= 0.6 is 11.3 Å². The van der Waals surface area contributed by atoms with Gasteiger partial charge in [-0.25, -0.2) is 4.98 Å². The van der Waals surface area contributed by atoms with Crippen molar-refractivity contribution in [1.82, 2.24) is 19.5 Å². The Balaban J connectivity index is 0.978. The molecule has 14 aromatic rings. The van der Waals surface area contributed by atoms with E-state index in [0.29, 0.717) is 17.6 Å². The molecule has 0 aliphatic carbocycles. The molecule has 0 atom stereocenters. The monoisotopic (exact) mass is 872 g/mol. The fraction of sp³-hybridized carbons (Fsp3) is 0. The van der Waals surface area contributed by atoms with Gasteiger partial charge in [-0.1, -0.05) is 170 Å². The highest BCUT2D eigenvalue weighted by Gasteiger charge is 2.22. The van der Waals surface area contributed by atoms with Crippen LogP contribution in [-0.2, 0) is 0 Å². The van der Waals surface area contributed by atoms with Crippen molar-refractivity contribution in [2.45, 2.75) is 0 Å². The van der Waals surface area contributed by atoms with Gasteiger partial charge in [-0.15, -0.1) is 11.3 Å². The van der Waals surface area contributed by atoms with Gasteiger partial charge in [-0.05, 0) is 87.1 Å². The summed E-state index contributed by atoms with van der Waals surface area (Å²) in [5.74, 6) is 1.69. The molecule has 6 heteroatoms. The predicted octanol–water partition coefficient (Wildman–Crippen LogP) is 16.7. The van der Waals surface area contributed by atoms with E-state index in [-0.39, 0.29) is 0 Å². The molecule has 4 aromatic heterocycles. The SMILES string of the molecule is c1ccc(-c2nc(-c3ccc4c(c3)oc3ccccc34)nc(-n3c4cc5ccccc5cc4c4cccc(-c5cccc(-c6cccc(-c7cccc8c7sc7ccccc78)c6)c5)c43)n2)cc1. The van der Waals surface area contributed by atoms with E-state index >= 15 is 0 Å². The summed E-state index contributed by atoms with van der Waals surface area (Å²) >= 11 is 1.87. The molecule has 0 aliphatic heterocycles. The van der Waals surface area contributed by atoms with Gasteiger partial charge in [0.15, 0.2) is 11.6 Å². The smallest absolute Gasteiger partial charge is 0.238 e. The molecule has 14 rings (SSSR count). The second kappa shape index (κ2) is 14.9.